The number of aromatic nitrogens is 3. The smallest absolute Gasteiger partial charge is 0.409 e. The van der Waals surface area contributed by atoms with Gasteiger partial charge in [0.25, 0.3) is 6.02 Å². The molecule has 1 aromatic carbocycles. The molecule has 2 N–H and O–H groups in total. The maximum atomic E-state index is 12.0. The van der Waals surface area contributed by atoms with Gasteiger partial charge in [-0.1, -0.05) is 0 Å². The van der Waals surface area contributed by atoms with Crippen molar-refractivity contribution in [1.29, 1.82) is 0 Å². The standard InChI is InChI=1S/C29H36N8O5/c1-5-30-28-35-25(19-15-21(39-3)17-22(16-19)40-4)26(42-28)23-9-10-31-27(34-23)33-20-7-8-24(32-18-20)36-11-13-37(14-12-36)29(38)41-6-2/h7-10,15-18,25-26H,5-6,11-14H2,1-4H3,(H,30,35)(H,31,33,34). The third-order valence-electron chi connectivity index (χ3n) is 6.93. The summed E-state index contributed by atoms with van der Waals surface area (Å²) in [6, 6.07) is 11.4. The third-order valence-corrected chi connectivity index (χ3v) is 6.93. The molecule has 0 spiro atoms. The summed E-state index contributed by atoms with van der Waals surface area (Å²) in [6.45, 7) is 7.38. The minimum Gasteiger partial charge on any atom is -0.497 e. The normalized spacial score (nSPS) is 18.1. The molecule has 13 nitrogen and oxygen atoms in total. The molecule has 42 heavy (non-hydrogen) atoms. The van der Waals surface area contributed by atoms with E-state index >= 15 is 0 Å². The number of benzene rings is 1. The first kappa shape index (κ1) is 28.7. The number of nitrogens with one attached hydrogen (secondary N) is 2. The van der Waals surface area contributed by atoms with Crippen molar-refractivity contribution in [2.24, 2.45) is 4.99 Å². The predicted octanol–water partition coefficient (Wildman–Crippen LogP) is 3.69. The van der Waals surface area contributed by atoms with Crippen molar-refractivity contribution in [3.05, 3.63) is 60.0 Å². The molecular formula is C29H36N8O5. The molecule has 2 aromatic heterocycles. The van der Waals surface area contributed by atoms with Gasteiger partial charge in [-0.05, 0) is 49.7 Å². The van der Waals surface area contributed by atoms with Gasteiger partial charge >= 0.3 is 6.09 Å². The Labute approximate surface area is 244 Å². The lowest BCUT2D eigenvalue weighted by Gasteiger charge is -2.34. The minimum atomic E-state index is -0.492. The van der Waals surface area contributed by atoms with Gasteiger partial charge in [-0.2, -0.15) is 0 Å². The first-order valence-corrected chi connectivity index (χ1v) is 13.9. The van der Waals surface area contributed by atoms with Gasteiger partial charge < -0.3 is 39.4 Å². The number of amides is 1. The summed E-state index contributed by atoms with van der Waals surface area (Å²) in [7, 11) is 3.23. The summed E-state index contributed by atoms with van der Waals surface area (Å²) in [6.07, 6.45) is 2.67. The van der Waals surface area contributed by atoms with E-state index in [1.807, 2.05) is 50.2 Å². The van der Waals surface area contributed by atoms with Crippen LogP contribution in [0.15, 0.2) is 53.8 Å². The van der Waals surface area contributed by atoms with Gasteiger partial charge in [-0.3, -0.25) is 0 Å². The van der Waals surface area contributed by atoms with E-state index in [2.05, 4.69) is 25.5 Å². The van der Waals surface area contributed by atoms with E-state index in [-0.39, 0.29) is 12.1 Å². The zero-order chi connectivity index (χ0) is 29.5. The zero-order valence-electron chi connectivity index (χ0n) is 24.2. The fraction of sp³-hybridized carbons (Fsp3) is 0.414. The number of amidine groups is 1. The Balaban J connectivity index is 1.29. The van der Waals surface area contributed by atoms with Gasteiger partial charge in [0.1, 0.15) is 23.4 Å². The number of piperazine rings is 1. The number of hydrogen-bond donors (Lipinski definition) is 2. The molecule has 5 rings (SSSR count). The van der Waals surface area contributed by atoms with E-state index < -0.39 is 6.10 Å². The molecule has 2 aliphatic heterocycles. The Bertz CT molecular complexity index is 1370. The number of aliphatic imine (C=N–C) groups is 1. The van der Waals surface area contributed by atoms with Crippen LogP contribution >= 0.6 is 0 Å². The lowest BCUT2D eigenvalue weighted by molar-refractivity contribution is 0.105. The first-order chi connectivity index (χ1) is 20.5. The molecule has 0 aliphatic carbocycles. The molecule has 1 amide bonds. The highest BCUT2D eigenvalue weighted by atomic mass is 16.6. The van der Waals surface area contributed by atoms with E-state index in [0.717, 1.165) is 17.1 Å². The number of nitrogens with zero attached hydrogens (tertiary/aromatic N) is 6. The number of rotatable bonds is 9. The molecule has 4 heterocycles. The third kappa shape index (κ3) is 6.56. The highest BCUT2D eigenvalue weighted by Gasteiger charge is 2.35. The quantitative estimate of drug-likeness (QED) is 0.386. The van der Waals surface area contributed by atoms with Crippen molar-refractivity contribution in [2.45, 2.75) is 26.0 Å². The number of hydrogen-bond acceptors (Lipinski definition) is 12. The van der Waals surface area contributed by atoms with E-state index in [9.17, 15) is 4.79 Å². The second-order valence-electron chi connectivity index (χ2n) is 9.60. The van der Waals surface area contributed by atoms with Crippen molar-refractivity contribution in [3.8, 4) is 11.5 Å². The zero-order valence-corrected chi connectivity index (χ0v) is 24.2. The van der Waals surface area contributed by atoms with Crippen LogP contribution in [0.3, 0.4) is 0 Å². The Morgan fingerprint density at radius 1 is 1.02 bits per heavy atom. The van der Waals surface area contributed by atoms with Crippen LogP contribution in [0.25, 0.3) is 0 Å². The number of carbonyl (C=O) groups excluding carboxylic acids is 1. The molecule has 13 heteroatoms. The van der Waals surface area contributed by atoms with Gasteiger partial charge in [-0.15, -0.1) is 0 Å². The number of anilines is 3. The van der Waals surface area contributed by atoms with E-state index in [1.54, 1.807) is 31.5 Å². The van der Waals surface area contributed by atoms with Crippen LogP contribution in [0.4, 0.5) is 22.2 Å². The largest absolute Gasteiger partial charge is 0.497 e. The molecule has 2 unspecified atom stereocenters. The predicted molar refractivity (Wildman–Crippen MR) is 158 cm³/mol. The summed E-state index contributed by atoms with van der Waals surface area (Å²) >= 11 is 0. The second-order valence-corrected chi connectivity index (χ2v) is 9.60. The van der Waals surface area contributed by atoms with Crippen molar-refractivity contribution in [1.82, 2.24) is 25.2 Å². The van der Waals surface area contributed by atoms with E-state index in [4.69, 9.17) is 28.9 Å². The molecule has 3 aromatic rings. The molecule has 0 radical (unpaired) electrons. The Hall–Kier alpha value is -4.81. The molecule has 1 saturated heterocycles. The van der Waals surface area contributed by atoms with Gasteiger partial charge in [0.15, 0.2) is 6.10 Å². The number of carbonyl (C=O) groups is 1. The van der Waals surface area contributed by atoms with Crippen LogP contribution in [-0.4, -0.2) is 85.5 Å². The van der Waals surface area contributed by atoms with Gasteiger partial charge in [0.05, 0.1) is 38.4 Å². The lowest BCUT2D eigenvalue weighted by Crippen LogP contribution is -2.49. The lowest BCUT2D eigenvalue weighted by atomic mass is 9.99. The molecule has 222 valence electrons. The van der Waals surface area contributed by atoms with Crippen molar-refractivity contribution in [2.75, 3.05) is 63.8 Å². The summed E-state index contributed by atoms with van der Waals surface area (Å²) in [5.74, 6) is 2.57. The van der Waals surface area contributed by atoms with Crippen LogP contribution in [0.5, 0.6) is 11.5 Å². The number of ether oxygens (including phenoxy) is 4. The fourth-order valence-corrected chi connectivity index (χ4v) is 4.82. The van der Waals surface area contributed by atoms with Gasteiger partial charge in [-0.25, -0.2) is 24.7 Å². The summed E-state index contributed by atoms with van der Waals surface area (Å²) in [5, 5.41) is 6.41. The molecule has 2 aliphatic rings. The highest BCUT2D eigenvalue weighted by molar-refractivity contribution is 5.76. The van der Waals surface area contributed by atoms with Crippen LogP contribution in [0, 0.1) is 0 Å². The highest BCUT2D eigenvalue weighted by Crippen LogP contribution is 2.41. The summed E-state index contributed by atoms with van der Waals surface area (Å²) < 4.78 is 22.3. The maximum absolute atomic E-state index is 12.0. The molecule has 0 saturated carbocycles. The Morgan fingerprint density at radius 2 is 1.79 bits per heavy atom. The molecular weight excluding hydrogens is 540 g/mol. The van der Waals surface area contributed by atoms with Crippen molar-refractivity contribution >= 4 is 29.6 Å². The van der Waals surface area contributed by atoms with E-state index in [1.165, 1.54) is 0 Å². The fourth-order valence-electron chi connectivity index (χ4n) is 4.82. The summed E-state index contributed by atoms with van der Waals surface area (Å²) in [4.78, 5) is 34.4. The van der Waals surface area contributed by atoms with Crippen LogP contribution in [0.1, 0.15) is 37.3 Å². The average molecular weight is 577 g/mol. The van der Waals surface area contributed by atoms with Gasteiger partial charge in [0, 0.05) is 45.0 Å². The van der Waals surface area contributed by atoms with Gasteiger partial charge in [0.2, 0.25) is 5.95 Å². The van der Waals surface area contributed by atoms with Crippen molar-refractivity contribution in [3.63, 3.8) is 0 Å². The first-order valence-electron chi connectivity index (χ1n) is 13.9. The van der Waals surface area contributed by atoms with Crippen LogP contribution in [0.2, 0.25) is 0 Å². The monoisotopic (exact) mass is 576 g/mol. The summed E-state index contributed by atoms with van der Waals surface area (Å²) in [5.41, 5.74) is 2.28. The van der Waals surface area contributed by atoms with Crippen molar-refractivity contribution < 1.29 is 23.7 Å². The Morgan fingerprint density at radius 3 is 2.43 bits per heavy atom. The second kappa shape index (κ2) is 13.2. The minimum absolute atomic E-state index is 0.270. The number of pyridine rings is 1. The van der Waals surface area contributed by atoms with E-state index in [0.29, 0.717) is 68.5 Å². The van der Waals surface area contributed by atoms with Crippen LogP contribution in [-0.2, 0) is 9.47 Å². The number of methoxy groups -OCH3 is 2. The SMILES string of the molecule is CCNC1=NC(c2cc(OC)cc(OC)c2)C(c2ccnc(Nc3ccc(N4CCN(C(=O)OCC)CC4)nc3)n2)O1. The average Bonchev–Trinajstić information content (AvgIpc) is 3.46. The molecule has 2 atom stereocenters. The molecule has 1 fully saturated rings. The molecule has 0 bridgehead atoms. The topological polar surface area (TPSA) is 136 Å². The van der Waals surface area contributed by atoms with Crippen LogP contribution < -0.4 is 25.0 Å². The Kier molecular flexibility index (Phi) is 9.05. The maximum Gasteiger partial charge on any atom is 0.409 e.